The van der Waals surface area contributed by atoms with Gasteiger partial charge < -0.3 is 10.2 Å². The average Bonchev–Trinajstić information content (AvgIpc) is 2.18. The van der Waals surface area contributed by atoms with Crippen molar-refractivity contribution in [3.8, 4) is 0 Å². The van der Waals surface area contributed by atoms with Crippen molar-refractivity contribution in [2.75, 3.05) is 19.6 Å². The summed E-state index contributed by atoms with van der Waals surface area (Å²) in [6.45, 7) is 6.08. The minimum atomic E-state index is 0.0374. The van der Waals surface area contributed by atoms with Crippen molar-refractivity contribution in [2.24, 2.45) is 5.92 Å². The summed E-state index contributed by atoms with van der Waals surface area (Å²) in [5.41, 5.74) is 0. The first-order chi connectivity index (χ1) is 7.09. The highest BCUT2D eigenvalue weighted by atomic mass is 16.2. The second-order valence-corrected chi connectivity index (χ2v) is 4.52. The summed E-state index contributed by atoms with van der Waals surface area (Å²) in [5.74, 6) is 1.13. The molecule has 0 saturated carbocycles. The predicted octanol–water partition coefficient (Wildman–Crippen LogP) is 1.22. The maximum absolute atomic E-state index is 11.5. The van der Waals surface area contributed by atoms with Gasteiger partial charge in [0.1, 0.15) is 0 Å². The zero-order valence-corrected chi connectivity index (χ0v) is 9.68. The normalized spacial score (nSPS) is 17.0. The predicted molar refractivity (Wildman–Crippen MR) is 61.0 cm³/mol. The van der Waals surface area contributed by atoms with Crippen LogP contribution in [0, 0.1) is 11.3 Å². The van der Waals surface area contributed by atoms with E-state index in [0.29, 0.717) is 18.3 Å². The van der Waals surface area contributed by atoms with Gasteiger partial charge in [-0.05, 0) is 18.8 Å². The average molecular weight is 211 g/mol. The number of carbonyl (C=O) groups excluding carboxylic acids is 1. The first-order valence-corrected chi connectivity index (χ1v) is 5.68. The van der Waals surface area contributed by atoms with E-state index in [1.807, 2.05) is 4.90 Å². The number of carbonyl (C=O) groups is 1. The van der Waals surface area contributed by atoms with Gasteiger partial charge in [0.25, 0.3) is 0 Å². The molecule has 0 unspecified atom stereocenters. The number of amides is 1. The van der Waals surface area contributed by atoms with E-state index >= 15 is 0 Å². The topological polar surface area (TPSA) is 56.2 Å². The van der Waals surface area contributed by atoms with Crippen LogP contribution in [0.15, 0.2) is 0 Å². The van der Waals surface area contributed by atoms with E-state index in [1.165, 1.54) is 0 Å². The van der Waals surface area contributed by atoms with E-state index in [0.717, 1.165) is 32.4 Å². The second-order valence-electron chi connectivity index (χ2n) is 4.52. The fourth-order valence-corrected chi connectivity index (χ4v) is 1.61. The van der Waals surface area contributed by atoms with Crippen LogP contribution < -0.4 is 5.32 Å². The number of piperidine rings is 1. The second kappa shape index (κ2) is 5.73. The van der Waals surface area contributed by atoms with Crippen molar-refractivity contribution < 1.29 is 4.79 Å². The first kappa shape index (κ1) is 12.0. The molecule has 0 radical (unpaired) electrons. The van der Waals surface area contributed by atoms with Crippen molar-refractivity contribution in [3.63, 3.8) is 0 Å². The number of rotatable bonds is 4. The van der Waals surface area contributed by atoms with Crippen LogP contribution in [-0.2, 0) is 4.79 Å². The van der Waals surface area contributed by atoms with Crippen LogP contribution in [0.3, 0.4) is 0 Å². The molecule has 1 heterocycles. The number of hydrogen-bond acceptors (Lipinski definition) is 2. The fraction of sp³-hybridized carbons (Fsp3) is 0.818. The van der Waals surface area contributed by atoms with Crippen LogP contribution in [0.4, 0.5) is 0 Å². The van der Waals surface area contributed by atoms with Gasteiger partial charge in [-0.1, -0.05) is 13.8 Å². The zero-order valence-electron chi connectivity index (χ0n) is 9.68. The van der Waals surface area contributed by atoms with Gasteiger partial charge in [0.15, 0.2) is 0 Å². The molecule has 1 fully saturated rings. The summed E-state index contributed by atoms with van der Waals surface area (Å²) >= 11 is 0. The minimum absolute atomic E-state index is 0.0374. The molecule has 1 aliphatic rings. The molecule has 1 saturated heterocycles. The third-order valence-electron chi connectivity index (χ3n) is 2.52. The molecule has 4 nitrogen and oxygen atoms in total. The lowest BCUT2D eigenvalue weighted by Crippen LogP contribution is -2.43. The third-order valence-corrected chi connectivity index (χ3v) is 2.52. The van der Waals surface area contributed by atoms with Gasteiger partial charge in [0.05, 0.1) is 12.4 Å². The van der Waals surface area contributed by atoms with Crippen molar-refractivity contribution in [2.45, 2.75) is 33.1 Å². The molecular formula is C11H21N3O. The van der Waals surface area contributed by atoms with Crippen LogP contribution in [0.1, 0.15) is 33.1 Å². The van der Waals surface area contributed by atoms with Crippen molar-refractivity contribution in [1.29, 1.82) is 5.41 Å². The highest BCUT2D eigenvalue weighted by Crippen LogP contribution is 2.09. The van der Waals surface area contributed by atoms with E-state index in [2.05, 4.69) is 19.2 Å². The molecule has 15 heavy (non-hydrogen) atoms. The first-order valence-electron chi connectivity index (χ1n) is 5.68. The lowest BCUT2D eigenvalue weighted by molar-refractivity contribution is -0.121. The summed E-state index contributed by atoms with van der Waals surface area (Å²) in [6, 6.07) is 0. The SMILES string of the molecule is CC(C)CNC(=O)CN1CCCCC1=N. The van der Waals surface area contributed by atoms with Gasteiger partial charge >= 0.3 is 0 Å². The molecule has 0 aromatic carbocycles. The van der Waals surface area contributed by atoms with Crippen molar-refractivity contribution in [3.05, 3.63) is 0 Å². The lowest BCUT2D eigenvalue weighted by Gasteiger charge is -2.28. The molecule has 4 heteroatoms. The number of likely N-dealkylation sites (tertiary alicyclic amines) is 1. The molecule has 1 aliphatic heterocycles. The van der Waals surface area contributed by atoms with Gasteiger partial charge in [0.2, 0.25) is 5.91 Å². The smallest absolute Gasteiger partial charge is 0.239 e. The Morgan fingerprint density at radius 2 is 2.27 bits per heavy atom. The minimum Gasteiger partial charge on any atom is -0.354 e. The highest BCUT2D eigenvalue weighted by Gasteiger charge is 2.17. The van der Waals surface area contributed by atoms with Gasteiger partial charge in [-0.3, -0.25) is 10.2 Å². The summed E-state index contributed by atoms with van der Waals surface area (Å²) in [4.78, 5) is 13.4. The summed E-state index contributed by atoms with van der Waals surface area (Å²) in [5, 5.41) is 10.6. The monoisotopic (exact) mass is 211 g/mol. The van der Waals surface area contributed by atoms with E-state index in [9.17, 15) is 4.79 Å². The largest absolute Gasteiger partial charge is 0.354 e. The summed E-state index contributed by atoms with van der Waals surface area (Å²) in [7, 11) is 0. The fourth-order valence-electron chi connectivity index (χ4n) is 1.61. The number of amidine groups is 1. The van der Waals surface area contributed by atoms with Gasteiger partial charge in [-0.2, -0.15) is 0 Å². The number of nitrogens with one attached hydrogen (secondary N) is 2. The lowest BCUT2D eigenvalue weighted by atomic mass is 10.1. The molecule has 0 spiro atoms. The van der Waals surface area contributed by atoms with Gasteiger partial charge in [-0.25, -0.2) is 0 Å². The molecule has 0 bridgehead atoms. The Labute approximate surface area is 91.5 Å². The van der Waals surface area contributed by atoms with E-state index in [4.69, 9.17) is 5.41 Å². The number of hydrogen-bond donors (Lipinski definition) is 2. The molecule has 2 N–H and O–H groups in total. The van der Waals surface area contributed by atoms with E-state index in [-0.39, 0.29) is 5.91 Å². The maximum atomic E-state index is 11.5. The third kappa shape index (κ3) is 4.32. The molecule has 0 aromatic rings. The van der Waals surface area contributed by atoms with Crippen molar-refractivity contribution in [1.82, 2.24) is 10.2 Å². The maximum Gasteiger partial charge on any atom is 0.239 e. The molecule has 0 aromatic heterocycles. The molecule has 86 valence electrons. The zero-order chi connectivity index (χ0) is 11.3. The Hall–Kier alpha value is -1.06. The molecule has 0 aliphatic carbocycles. The van der Waals surface area contributed by atoms with Crippen LogP contribution in [-0.4, -0.2) is 36.3 Å². The Balaban J connectivity index is 2.27. The highest BCUT2D eigenvalue weighted by molar-refractivity contribution is 5.86. The summed E-state index contributed by atoms with van der Waals surface area (Å²) in [6.07, 6.45) is 3.00. The van der Waals surface area contributed by atoms with Crippen LogP contribution >= 0.6 is 0 Å². The van der Waals surface area contributed by atoms with Crippen LogP contribution in [0.5, 0.6) is 0 Å². The Morgan fingerprint density at radius 1 is 1.53 bits per heavy atom. The standard InChI is InChI=1S/C11H21N3O/c1-9(2)7-13-11(15)8-14-6-4-3-5-10(14)12/h9,12H,3-8H2,1-2H3,(H,13,15). The van der Waals surface area contributed by atoms with Gasteiger partial charge in [-0.15, -0.1) is 0 Å². The van der Waals surface area contributed by atoms with Crippen LogP contribution in [0.25, 0.3) is 0 Å². The Bertz CT molecular complexity index is 238. The molecular weight excluding hydrogens is 190 g/mol. The van der Waals surface area contributed by atoms with Crippen molar-refractivity contribution >= 4 is 11.7 Å². The molecule has 0 atom stereocenters. The molecule has 1 amide bonds. The van der Waals surface area contributed by atoms with E-state index in [1.54, 1.807) is 0 Å². The molecule has 1 rings (SSSR count). The van der Waals surface area contributed by atoms with Crippen LogP contribution in [0.2, 0.25) is 0 Å². The number of nitrogens with zero attached hydrogens (tertiary/aromatic N) is 1. The Morgan fingerprint density at radius 3 is 2.87 bits per heavy atom. The quantitative estimate of drug-likeness (QED) is 0.734. The van der Waals surface area contributed by atoms with Gasteiger partial charge in [0, 0.05) is 19.5 Å². The summed E-state index contributed by atoms with van der Waals surface area (Å²) < 4.78 is 0. The van der Waals surface area contributed by atoms with E-state index < -0.39 is 0 Å². The Kier molecular flexibility index (Phi) is 4.59.